The van der Waals surface area contributed by atoms with E-state index in [9.17, 15) is 0 Å². The second-order valence-corrected chi connectivity index (χ2v) is 5.11. The summed E-state index contributed by atoms with van der Waals surface area (Å²) in [4.78, 5) is 2.35. The highest BCUT2D eigenvalue weighted by molar-refractivity contribution is 6.31. The average Bonchev–Trinajstić information content (AvgIpc) is 2.31. The Morgan fingerprint density at radius 3 is 3.12 bits per heavy atom. The molecule has 4 heteroatoms. The van der Waals surface area contributed by atoms with Crippen molar-refractivity contribution in [3.8, 4) is 0 Å². The molecule has 2 rings (SSSR count). The van der Waals surface area contributed by atoms with Gasteiger partial charge in [0.2, 0.25) is 0 Å². The van der Waals surface area contributed by atoms with E-state index in [4.69, 9.17) is 11.6 Å². The van der Waals surface area contributed by atoms with Gasteiger partial charge in [-0.3, -0.25) is 0 Å². The van der Waals surface area contributed by atoms with E-state index < -0.39 is 0 Å². The molecule has 1 aliphatic rings. The number of piperazine rings is 1. The highest BCUT2D eigenvalue weighted by Gasteiger charge is 2.16. The summed E-state index contributed by atoms with van der Waals surface area (Å²) >= 11 is 6.09. The molecule has 1 atom stereocenters. The fourth-order valence-corrected chi connectivity index (χ4v) is 2.33. The standard InChI is InChI=1S/C13H20ClN3/c1-10-12(14)4-3-5-13(10)16-8-11-9-17(2)7-6-15-11/h3-5,11,15-16H,6-9H2,1-2H3. The average molecular weight is 254 g/mol. The number of hydrogen-bond donors (Lipinski definition) is 2. The van der Waals surface area contributed by atoms with E-state index >= 15 is 0 Å². The third-order valence-corrected chi connectivity index (χ3v) is 3.67. The lowest BCUT2D eigenvalue weighted by molar-refractivity contribution is 0.244. The summed E-state index contributed by atoms with van der Waals surface area (Å²) in [6, 6.07) is 6.49. The molecule has 0 amide bonds. The van der Waals surface area contributed by atoms with Crippen molar-refractivity contribution < 1.29 is 0 Å². The SMILES string of the molecule is Cc1c(Cl)cccc1NCC1CN(C)CCN1. The van der Waals surface area contributed by atoms with Crippen LogP contribution in [0.5, 0.6) is 0 Å². The third kappa shape index (κ3) is 3.35. The predicted octanol–water partition coefficient (Wildman–Crippen LogP) is 1.96. The molecule has 94 valence electrons. The highest BCUT2D eigenvalue weighted by atomic mass is 35.5. The number of likely N-dealkylation sites (N-methyl/N-ethyl adjacent to an activating group) is 1. The number of anilines is 1. The highest BCUT2D eigenvalue weighted by Crippen LogP contribution is 2.22. The Bertz CT molecular complexity index is 381. The molecular weight excluding hydrogens is 234 g/mol. The molecule has 2 N–H and O–H groups in total. The van der Waals surface area contributed by atoms with Gasteiger partial charge in [0.05, 0.1) is 0 Å². The van der Waals surface area contributed by atoms with Crippen molar-refractivity contribution >= 4 is 17.3 Å². The van der Waals surface area contributed by atoms with E-state index in [-0.39, 0.29) is 0 Å². The molecule has 1 aromatic carbocycles. The lowest BCUT2D eigenvalue weighted by atomic mass is 10.1. The van der Waals surface area contributed by atoms with Crippen LogP contribution in [0.4, 0.5) is 5.69 Å². The maximum Gasteiger partial charge on any atom is 0.0455 e. The molecule has 1 heterocycles. The first kappa shape index (κ1) is 12.7. The second-order valence-electron chi connectivity index (χ2n) is 4.71. The van der Waals surface area contributed by atoms with E-state index in [1.54, 1.807) is 0 Å². The summed E-state index contributed by atoms with van der Waals surface area (Å²) < 4.78 is 0. The van der Waals surface area contributed by atoms with E-state index in [1.807, 2.05) is 19.1 Å². The first-order valence-electron chi connectivity index (χ1n) is 6.07. The number of nitrogens with zero attached hydrogens (tertiary/aromatic N) is 1. The molecule has 1 saturated heterocycles. The van der Waals surface area contributed by atoms with Crippen LogP contribution < -0.4 is 10.6 Å². The summed E-state index contributed by atoms with van der Waals surface area (Å²) in [7, 11) is 2.17. The van der Waals surface area contributed by atoms with Crippen LogP contribution in [0.2, 0.25) is 5.02 Å². The molecule has 0 aliphatic carbocycles. The molecule has 0 aromatic heterocycles. The van der Waals surface area contributed by atoms with Crippen molar-refractivity contribution in [2.75, 3.05) is 38.5 Å². The van der Waals surface area contributed by atoms with Gasteiger partial charge < -0.3 is 15.5 Å². The van der Waals surface area contributed by atoms with E-state index in [2.05, 4.69) is 28.6 Å². The molecule has 1 fully saturated rings. The largest absolute Gasteiger partial charge is 0.383 e. The molecule has 0 bridgehead atoms. The summed E-state index contributed by atoms with van der Waals surface area (Å²) in [6.07, 6.45) is 0. The Labute approximate surface area is 108 Å². The lowest BCUT2D eigenvalue weighted by Crippen LogP contribution is -2.51. The Kier molecular flexibility index (Phi) is 4.26. The van der Waals surface area contributed by atoms with Gasteiger partial charge in [0.25, 0.3) is 0 Å². The normalized spacial score (nSPS) is 21.5. The summed E-state index contributed by atoms with van der Waals surface area (Å²) in [5, 5.41) is 7.81. The van der Waals surface area contributed by atoms with Crippen LogP contribution in [0.1, 0.15) is 5.56 Å². The topological polar surface area (TPSA) is 27.3 Å². The Morgan fingerprint density at radius 1 is 1.53 bits per heavy atom. The number of halogens is 1. The second kappa shape index (κ2) is 5.71. The number of benzene rings is 1. The first-order valence-corrected chi connectivity index (χ1v) is 6.45. The van der Waals surface area contributed by atoms with Crippen molar-refractivity contribution in [1.82, 2.24) is 10.2 Å². The zero-order chi connectivity index (χ0) is 12.3. The third-order valence-electron chi connectivity index (χ3n) is 3.27. The van der Waals surface area contributed by atoms with E-state index in [0.717, 1.165) is 42.5 Å². The number of hydrogen-bond acceptors (Lipinski definition) is 3. The molecule has 0 radical (unpaired) electrons. The van der Waals surface area contributed by atoms with Crippen LogP contribution in [0.15, 0.2) is 18.2 Å². The van der Waals surface area contributed by atoms with Crippen molar-refractivity contribution in [3.63, 3.8) is 0 Å². The molecule has 17 heavy (non-hydrogen) atoms. The quantitative estimate of drug-likeness (QED) is 0.863. The molecular formula is C13H20ClN3. The lowest BCUT2D eigenvalue weighted by Gasteiger charge is -2.31. The van der Waals surface area contributed by atoms with Gasteiger partial charge in [0, 0.05) is 42.9 Å². The van der Waals surface area contributed by atoms with Gasteiger partial charge in [0.1, 0.15) is 0 Å². The van der Waals surface area contributed by atoms with Gasteiger partial charge in [-0.05, 0) is 31.7 Å². The van der Waals surface area contributed by atoms with Gasteiger partial charge in [-0.25, -0.2) is 0 Å². The van der Waals surface area contributed by atoms with Gasteiger partial charge in [-0.2, -0.15) is 0 Å². The smallest absolute Gasteiger partial charge is 0.0455 e. The number of nitrogens with one attached hydrogen (secondary N) is 2. The Balaban J connectivity index is 1.91. The molecule has 1 unspecified atom stereocenters. The van der Waals surface area contributed by atoms with Crippen molar-refractivity contribution in [2.45, 2.75) is 13.0 Å². The fourth-order valence-electron chi connectivity index (χ4n) is 2.16. The summed E-state index contributed by atoms with van der Waals surface area (Å²) in [5.41, 5.74) is 2.26. The first-order chi connectivity index (χ1) is 8.16. The zero-order valence-corrected chi connectivity index (χ0v) is 11.2. The van der Waals surface area contributed by atoms with Crippen molar-refractivity contribution in [3.05, 3.63) is 28.8 Å². The predicted molar refractivity (Wildman–Crippen MR) is 74.0 cm³/mol. The van der Waals surface area contributed by atoms with E-state index in [0.29, 0.717) is 6.04 Å². The molecule has 0 spiro atoms. The minimum Gasteiger partial charge on any atom is -0.383 e. The molecule has 1 aliphatic heterocycles. The molecule has 3 nitrogen and oxygen atoms in total. The van der Waals surface area contributed by atoms with Crippen LogP contribution in [-0.4, -0.2) is 44.2 Å². The summed E-state index contributed by atoms with van der Waals surface area (Å²) in [5.74, 6) is 0. The van der Waals surface area contributed by atoms with Crippen molar-refractivity contribution in [2.24, 2.45) is 0 Å². The van der Waals surface area contributed by atoms with Crippen LogP contribution in [-0.2, 0) is 0 Å². The van der Waals surface area contributed by atoms with Gasteiger partial charge in [-0.1, -0.05) is 17.7 Å². The minimum atomic E-state index is 0.507. The fraction of sp³-hybridized carbons (Fsp3) is 0.538. The van der Waals surface area contributed by atoms with Gasteiger partial charge in [-0.15, -0.1) is 0 Å². The van der Waals surface area contributed by atoms with Gasteiger partial charge in [0.15, 0.2) is 0 Å². The maximum absolute atomic E-state index is 6.09. The monoisotopic (exact) mass is 253 g/mol. The van der Waals surface area contributed by atoms with Crippen molar-refractivity contribution in [1.29, 1.82) is 0 Å². The number of rotatable bonds is 3. The van der Waals surface area contributed by atoms with Crippen LogP contribution in [0, 0.1) is 6.92 Å². The van der Waals surface area contributed by atoms with Gasteiger partial charge >= 0.3 is 0 Å². The molecule has 0 saturated carbocycles. The Hall–Kier alpha value is -0.770. The van der Waals surface area contributed by atoms with Crippen LogP contribution in [0.3, 0.4) is 0 Å². The molecule has 1 aromatic rings. The van der Waals surface area contributed by atoms with Crippen LogP contribution in [0.25, 0.3) is 0 Å². The summed E-state index contributed by atoms with van der Waals surface area (Å²) in [6.45, 7) is 6.27. The zero-order valence-electron chi connectivity index (χ0n) is 10.5. The Morgan fingerprint density at radius 2 is 2.35 bits per heavy atom. The minimum absolute atomic E-state index is 0.507. The van der Waals surface area contributed by atoms with Crippen LogP contribution >= 0.6 is 11.6 Å². The maximum atomic E-state index is 6.09. The van der Waals surface area contributed by atoms with E-state index in [1.165, 1.54) is 0 Å².